The summed E-state index contributed by atoms with van der Waals surface area (Å²) in [4.78, 5) is 5.26. The van der Waals surface area contributed by atoms with Gasteiger partial charge in [-0.3, -0.25) is 0 Å². The maximum atomic E-state index is 4.83. The Hall–Kier alpha value is -0.880. The third kappa shape index (κ3) is 2.33. The number of hydrogen-bond acceptors (Lipinski definition) is 5. The third-order valence-corrected chi connectivity index (χ3v) is 3.27. The molecule has 74 valence electrons. The SMILES string of the molecule is Cc1nc(NCc2cc(Br)cs2)no1. The van der Waals surface area contributed by atoms with E-state index in [1.807, 2.05) is 5.38 Å². The van der Waals surface area contributed by atoms with E-state index in [1.54, 1.807) is 18.3 Å². The zero-order chi connectivity index (χ0) is 9.97. The second-order valence-corrected chi connectivity index (χ2v) is 4.63. The van der Waals surface area contributed by atoms with Crippen LogP contribution >= 0.6 is 27.3 Å². The van der Waals surface area contributed by atoms with Crippen molar-refractivity contribution < 1.29 is 4.52 Å². The highest BCUT2D eigenvalue weighted by Gasteiger charge is 2.02. The fourth-order valence-corrected chi connectivity index (χ4v) is 2.37. The molecule has 0 aliphatic rings. The molecule has 0 atom stereocenters. The molecule has 0 aliphatic carbocycles. The number of thiophene rings is 1. The minimum atomic E-state index is 0.534. The molecule has 0 radical (unpaired) electrons. The van der Waals surface area contributed by atoms with Crippen molar-refractivity contribution in [1.82, 2.24) is 10.1 Å². The number of nitrogens with one attached hydrogen (secondary N) is 1. The summed E-state index contributed by atoms with van der Waals surface area (Å²) < 4.78 is 5.93. The van der Waals surface area contributed by atoms with Crippen LogP contribution in [0, 0.1) is 6.92 Å². The molecule has 0 saturated carbocycles. The number of anilines is 1. The number of rotatable bonds is 3. The average molecular weight is 274 g/mol. The summed E-state index contributed by atoms with van der Waals surface area (Å²) in [6, 6.07) is 2.06. The van der Waals surface area contributed by atoms with Crippen LogP contribution in [-0.2, 0) is 6.54 Å². The number of aromatic nitrogens is 2. The van der Waals surface area contributed by atoms with Gasteiger partial charge in [0.15, 0.2) is 0 Å². The minimum absolute atomic E-state index is 0.534. The van der Waals surface area contributed by atoms with E-state index >= 15 is 0 Å². The lowest BCUT2D eigenvalue weighted by molar-refractivity contribution is 0.394. The van der Waals surface area contributed by atoms with Crippen molar-refractivity contribution in [2.75, 3.05) is 5.32 Å². The van der Waals surface area contributed by atoms with E-state index in [2.05, 4.69) is 37.5 Å². The summed E-state index contributed by atoms with van der Waals surface area (Å²) >= 11 is 5.08. The normalized spacial score (nSPS) is 10.4. The zero-order valence-corrected chi connectivity index (χ0v) is 9.85. The number of hydrogen-bond donors (Lipinski definition) is 1. The molecular weight excluding hydrogens is 266 g/mol. The molecule has 0 aromatic carbocycles. The highest BCUT2D eigenvalue weighted by atomic mass is 79.9. The van der Waals surface area contributed by atoms with Crippen LogP contribution < -0.4 is 5.32 Å². The van der Waals surface area contributed by atoms with Gasteiger partial charge in [-0.05, 0) is 27.2 Å². The highest BCUT2D eigenvalue weighted by molar-refractivity contribution is 9.10. The average Bonchev–Trinajstić information content (AvgIpc) is 2.72. The smallest absolute Gasteiger partial charge is 0.263 e. The van der Waals surface area contributed by atoms with Crippen molar-refractivity contribution in [3.8, 4) is 0 Å². The van der Waals surface area contributed by atoms with Crippen LogP contribution in [0.15, 0.2) is 20.4 Å². The van der Waals surface area contributed by atoms with E-state index in [9.17, 15) is 0 Å². The second-order valence-electron chi connectivity index (χ2n) is 2.72. The van der Waals surface area contributed by atoms with Gasteiger partial charge in [-0.1, -0.05) is 0 Å². The fourth-order valence-electron chi connectivity index (χ4n) is 0.984. The van der Waals surface area contributed by atoms with E-state index in [-0.39, 0.29) is 0 Å². The van der Waals surface area contributed by atoms with Gasteiger partial charge in [-0.25, -0.2) is 0 Å². The van der Waals surface area contributed by atoms with E-state index in [0.29, 0.717) is 11.8 Å². The van der Waals surface area contributed by atoms with Gasteiger partial charge in [-0.2, -0.15) is 4.98 Å². The van der Waals surface area contributed by atoms with Crippen molar-refractivity contribution in [1.29, 1.82) is 0 Å². The minimum Gasteiger partial charge on any atom is -0.347 e. The topological polar surface area (TPSA) is 51.0 Å². The summed E-state index contributed by atoms with van der Waals surface area (Å²) in [7, 11) is 0. The predicted octanol–water partition coefficient (Wildman–Crippen LogP) is 2.81. The Morgan fingerprint density at radius 1 is 1.64 bits per heavy atom. The van der Waals surface area contributed by atoms with E-state index < -0.39 is 0 Å². The Labute approximate surface area is 93.5 Å². The summed E-state index contributed by atoms with van der Waals surface area (Å²) in [5, 5.41) is 8.84. The van der Waals surface area contributed by atoms with Gasteiger partial charge in [0.25, 0.3) is 5.95 Å². The van der Waals surface area contributed by atoms with Crippen LogP contribution in [0.4, 0.5) is 5.95 Å². The maximum Gasteiger partial charge on any atom is 0.263 e. The maximum absolute atomic E-state index is 4.83. The monoisotopic (exact) mass is 273 g/mol. The zero-order valence-electron chi connectivity index (χ0n) is 7.45. The third-order valence-electron chi connectivity index (χ3n) is 1.57. The first kappa shape index (κ1) is 9.67. The fraction of sp³-hybridized carbons (Fsp3) is 0.250. The molecule has 0 saturated heterocycles. The molecule has 0 unspecified atom stereocenters. The van der Waals surface area contributed by atoms with Gasteiger partial charge in [0.05, 0.1) is 6.54 Å². The highest BCUT2D eigenvalue weighted by Crippen LogP contribution is 2.20. The van der Waals surface area contributed by atoms with Crippen LogP contribution in [0.1, 0.15) is 10.8 Å². The molecule has 4 nitrogen and oxygen atoms in total. The Morgan fingerprint density at radius 3 is 3.07 bits per heavy atom. The van der Waals surface area contributed by atoms with Crippen LogP contribution in [0.5, 0.6) is 0 Å². The predicted molar refractivity (Wildman–Crippen MR) is 58.4 cm³/mol. The largest absolute Gasteiger partial charge is 0.347 e. The van der Waals surface area contributed by atoms with Crippen molar-refractivity contribution in [2.45, 2.75) is 13.5 Å². The van der Waals surface area contributed by atoms with Crippen molar-refractivity contribution >= 4 is 33.2 Å². The molecule has 0 spiro atoms. The standard InChI is InChI=1S/C8H8BrN3OS/c1-5-11-8(12-13-5)10-3-7-2-6(9)4-14-7/h2,4H,3H2,1H3,(H,10,12). The molecule has 2 heterocycles. The molecule has 2 aromatic rings. The van der Waals surface area contributed by atoms with Gasteiger partial charge in [-0.15, -0.1) is 11.3 Å². The lowest BCUT2D eigenvalue weighted by atomic mass is 10.5. The summed E-state index contributed by atoms with van der Waals surface area (Å²) in [6.45, 7) is 2.48. The van der Waals surface area contributed by atoms with Gasteiger partial charge >= 0.3 is 0 Å². The van der Waals surface area contributed by atoms with Crippen LogP contribution in [0.2, 0.25) is 0 Å². The lowest BCUT2D eigenvalue weighted by Crippen LogP contribution is -1.98. The summed E-state index contributed by atoms with van der Waals surface area (Å²) in [5.41, 5.74) is 0. The van der Waals surface area contributed by atoms with Gasteiger partial charge < -0.3 is 9.84 Å². The molecular formula is C8H8BrN3OS. The number of aryl methyl sites for hydroxylation is 1. The van der Waals surface area contributed by atoms with Crippen molar-refractivity contribution in [3.63, 3.8) is 0 Å². The van der Waals surface area contributed by atoms with Crippen molar-refractivity contribution in [3.05, 3.63) is 26.7 Å². The Morgan fingerprint density at radius 2 is 2.50 bits per heavy atom. The molecule has 0 amide bonds. The van der Waals surface area contributed by atoms with Gasteiger partial charge in [0.2, 0.25) is 5.89 Å². The molecule has 1 N–H and O–H groups in total. The molecule has 2 aromatic heterocycles. The Bertz CT molecular complexity index is 385. The van der Waals surface area contributed by atoms with Crippen molar-refractivity contribution in [2.24, 2.45) is 0 Å². The number of halogens is 1. The van der Waals surface area contributed by atoms with E-state index in [4.69, 9.17) is 4.52 Å². The van der Waals surface area contributed by atoms with Gasteiger partial charge in [0.1, 0.15) is 0 Å². The Balaban J connectivity index is 1.94. The van der Waals surface area contributed by atoms with E-state index in [1.165, 1.54) is 4.88 Å². The van der Waals surface area contributed by atoms with E-state index in [0.717, 1.165) is 11.0 Å². The first-order chi connectivity index (χ1) is 6.74. The van der Waals surface area contributed by atoms with Crippen LogP contribution in [0.25, 0.3) is 0 Å². The van der Waals surface area contributed by atoms with Gasteiger partial charge in [0, 0.05) is 21.7 Å². The molecule has 2 rings (SSSR count). The molecule has 0 bridgehead atoms. The molecule has 14 heavy (non-hydrogen) atoms. The first-order valence-electron chi connectivity index (χ1n) is 4.01. The van der Waals surface area contributed by atoms with Crippen LogP contribution in [0.3, 0.4) is 0 Å². The van der Waals surface area contributed by atoms with Crippen LogP contribution in [-0.4, -0.2) is 10.1 Å². The summed E-state index contributed by atoms with van der Waals surface area (Å²) in [5.74, 6) is 1.10. The molecule has 0 fully saturated rings. The summed E-state index contributed by atoms with van der Waals surface area (Å²) in [6.07, 6.45) is 0. The number of nitrogens with zero attached hydrogens (tertiary/aromatic N) is 2. The molecule has 0 aliphatic heterocycles. The molecule has 6 heteroatoms. The lowest BCUT2D eigenvalue weighted by Gasteiger charge is -1.96. The first-order valence-corrected chi connectivity index (χ1v) is 5.68. The second kappa shape index (κ2) is 4.10. The Kier molecular flexibility index (Phi) is 2.83. The quantitative estimate of drug-likeness (QED) is 0.935.